The van der Waals surface area contributed by atoms with E-state index in [1.165, 1.54) is 12.1 Å². The first kappa shape index (κ1) is 14.5. The van der Waals surface area contributed by atoms with Gasteiger partial charge in [-0.25, -0.2) is 4.39 Å². The molecule has 1 aromatic carbocycles. The van der Waals surface area contributed by atoms with E-state index in [1.54, 1.807) is 12.1 Å². The van der Waals surface area contributed by atoms with Gasteiger partial charge in [0, 0.05) is 5.69 Å². The third kappa shape index (κ3) is 3.71. The van der Waals surface area contributed by atoms with E-state index >= 15 is 0 Å². The van der Waals surface area contributed by atoms with Crippen molar-refractivity contribution in [2.45, 2.75) is 32.2 Å². The Labute approximate surface area is 113 Å². The Kier molecular flexibility index (Phi) is 5.11. The minimum Gasteiger partial charge on any atom is -0.346 e. The molecule has 0 bridgehead atoms. The van der Waals surface area contributed by atoms with Crippen molar-refractivity contribution >= 4 is 23.0 Å². The van der Waals surface area contributed by atoms with Crippen molar-refractivity contribution in [2.24, 2.45) is 0 Å². The Morgan fingerprint density at radius 3 is 2.33 bits per heavy atom. The van der Waals surface area contributed by atoms with Gasteiger partial charge in [0.05, 0.1) is 5.54 Å². The van der Waals surface area contributed by atoms with Crippen molar-refractivity contribution in [2.75, 3.05) is 5.32 Å². The van der Waals surface area contributed by atoms with Gasteiger partial charge in [-0.1, -0.05) is 19.8 Å². The van der Waals surface area contributed by atoms with E-state index in [-0.39, 0.29) is 5.82 Å². The van der Waals surface area contributed by atoms with Gasteiger partial charge in [0.25, 0.3) is 0 Å². The Morgan fingerprint density at radius 2 is 1.89 bits per heavy atom. The van der Waals surface area contributed by atoms with Crippen molar-refractivity contribution in [1.82, 2.24) is 5.32 Å². The standard InChI is InChI=1S/C14H17FN2S/c1-4-14(5-2,6-3)17-13(18)16-12-9-7-11(15)8-10-12/h1,7-10H,5-6H2,2-3H3,(H2,16,17,18). The number of anilines is 1. The summed E-state index contributed by atoms with van der Waals surface area (Å²) < 4.78 is 12.8. The van der Waals surface area contributed by atoms with Crippen LogP contribution in [0.1, 0.15) is 26.7 Å². The summed E-state index contributed by atoms with van der Waals surface area (Å²) in [5, 5.41) is 6.57. The van der Waals surface area contributed by atoms with Crippen LogP contribution in [0.25, 0.3) is 0 Å². The first-order chi connectivity index (χ1) is 8.55. The average molecular weight is 264 g/mol. The van der Waals surface area contributed by atoms with E-state index in [4.69, 9.17) is 18.6 Å². The van der Waals surface area contributed by atoms with Gasteiger partial charge in [-0.2, -0.15) is 0 Å². The Morgan fingerprint density at radius 1 is 1.33 bits per heavy atom. The molecule has 96 valence electrons. The summed E-state index contributed by atoms with van der Waals surface area (Å²) in [6.45, 7) is 4.02. The minimum atomic E-state index is -0.426. The summed E-state index contributed by atoms with van der Waals surface area (Å²) >= 11 is 5.20. The number of nitrogens with one attached hydrogen (secondary N) is 2. The number of hydrogen-bond donors (Lipinski definition) is 2. The molecule has 0 aliphatic carbocycles. The first-order valence-electron chi connectivity index (χ1n) is 5.87. The van der Waals surface area contributed by atoms with Crippen molar-refractivity contribution in [1.29, 1.82) is 0 Å². The maximum absolute atomic E-state index is 12.8. The second kappa shape index (κ2) is 6.36. The lowest BCUT2D eigenvalue weighted by Gasteiger charge is -2.28. The van der Waals surface area contributed by atoms with Crippen molar-refractivity contribution in [3.05, 3.63) is 30.1 Å². The van der Waals surface area contributed by atoms with E-state index < -0.39 is 5.54 Å². The van der Waals surface area contributed by atoms with Gasteiger partial charge in [-0.15, -0.1) is 6.42 Å². The predicted octanol–water partition coefficient (Wildman–Crippen LogP) is 3.30. The number of rotatable bonds is 4. The van der Waals surface area contributed by atoms with Crippen molar-refractivity contribution < 1.29 is 4.39 Å². The first-order valence-corrected chi connectivity index (χ1v) is 6.28. The zero-order chi connectivity index (χ0) is 13.6. The summed E-state index contributed by atoms with van der Waals surface area (Å²) in [7, 11) is 0. The van der Waals surface area contributed by atoms with Gasteiger partial charge in [0.15, 0.2) is 5.11 Å². The Balaban J connectivity index is 2.67. The molecule has 0 heterocycles. The van der Waals surface area contributed by atoms with Gasteiger partial charge in [-0.3, -0.25) is 0 Å². The summed E-state index contributed by atoms with van der Waals surface area (Å²) in [5.41, 5.74) is 0.302. The third-order valence-corrected chi connectivity index (χ3v) is 3.14. The quantitative estimate of drug-likeness (QED) is 0.644. The zero-order valence-electron chi connectivity index (χ0n) is 10.6. The smallest absolute Gasteiger partial charge is 0.171 e. The van der Waals surface area contributed by atoms with Gasteiger partial charge in [0.1, 0.15) is 5.82 Å². The fraction of sp³-hybridized carbons (Fsp3) is 0.357. The van der Waals surface area contributed by atoms with E-state index in [0.29, 0.717) is 5.11 Å². The molecular formula is C14H17FN2S. The molecule has 0 unspecified atom stereocenters. The number of benzene rings is 1. The van der Waals surface area contributed by atoms with E-state index in [9.17, 15) is 4.39 Å². The summed E-state index contributed by atoms with van der Waals surface area (Å²) in [6, 6.07) is 6.00. The highest BCUT2D eigenvalue weighted by molar-refractivity contribution is 7.80. The number of halogens is 1. The van der Waals surface area contributed by atoms with Crippen LogP contribution in [-0.2, 0) is 0 Å². The lowest BCUT2D eigenvalue weighted by Crippen LogP contribution is -2.48. The van der Waals surface area contributed by atoms with Gasteiger partial charge < -0.3 is 10.6 Å². The van der Waals surface area contributed by atoms with Crippen molar-refractivity contribution in [3.63, 3.8) is 0 Å². The maximum atomic E-state index is 12.8. The highest BCUT2D eigenvalue weighted by atomic mass is 32.1. The Hall–Kier alpha value is -1.60. The second-order valence-corrected chi connectivity index (χ2v) is 4.43. The summed E-state index contributed by atoms with van der Waals surface area (Å²) in [6.07, 6.45) is 7.11. The van der Waals surface area contributed by atoms with Crippen LogP contribution in [-0.4, -0.2) is 10.7 Å². The highest BCUT2D eigenvalue weighted by Gasteiger charge is 2.23. The number of hydrogen-bond acceptors (Lipinski definition) is 1. The van der Waals surface area contributed by atoms with Crippen LogP contribution in [0.15, 0.2) is 24.3 Å². The average Bonchev–Trinajstić information content (AvgIpc) is 2.39. The third-order valence-electron chi connectivity index (χ3n) is 2.94. The molecule has 0 aliphatic heterocycles. The normalized spacial score (nSPS) is 10.6. The highest BCUT2D eigenvalue weighted by Crippen LogP contribution is 2.14. The molecule has 0 aliphatic rings. The lowest BCUT2D eigenvalue weighted by atomic mass is 9.94. The molecule has 1 rings (SSSR count). The summed E-state index contributed by atoms with van der Waals surface area (Å²) in [5.74, 6) is 2.46. The maximum Gasteiger partial charge on any atom is 0.171 e. The molecule has 0 aromatic heterocycles. The van der Waals surface area contributed by atoms with E-state index in [1.807, 2.05) is 13.8 Å². The molecule has 0 fully saturated rings. The van der Waals surface area contributed by atoms with Gasteiger partial charge in [0.2, 0.25) is 0 Å². The fourth-order valence-electron chi connectivity index (χ4n) is 1.58. The fourth-order valence-corrected chi connectivity index (χ4v) is 1.89. The van der Waals surface area contributed by atoms with Crippen LogP contribution in [0, 0.1) is 18.2 Å². The Bertz CT molecular complexity index is 444. The van der Waals surface area contributed by atoms with Crippen LogP contribution >= 0.6 is 12.2 Å². The topological polar surface area (TPSA) is 24.1 Å². The monoisotopic (exact) mass is 264 g/mol. The van der Waals surface area contributed by atoms with Crippen LogP contribution < -0.4 is 10.6 Å². The molecule has 0 saturated heterocycles. The molecule has 0 atom stereocenters. The SMILES string of the molecule is C#CC(CC)(CC)NC(=S)Nc1ccc(F)cc1. The molecule has 1 aromatic rings. The second-order valence-electron chi connectivity index (χ2n) is 4.02. The predicted molar refractivity (Wildman–Crippen MR) is 77.9 cm³/mol. The molecule has 18 heavy (non-hydrogen) atoms. The van der Waals surface area contributed by atoms with Gasteiger partial charge >= 0.3 is 0 Å². The number of thiocarbonyl (C=S) groups is 1. The van der Waals surface area contributed by atoms with Crippen LogP contribution in [0.2, 0.25) is 0 Å². The van der Waals surface area contributed by atoms with E-state index in [2.05, 4.69) is 16.6 Å². The summed E-state index contributed by atoms with van der Waals surface area (Å²) in [4.78, 5) is 0. The van der Waals surface area contributed by atoms with Crippen LogP contribution in [0.5, 0.6) is 0 Å². The van der Waals surface area contributed by atoms with Crippen LogP contribution in [0.3, 0.4) is 0 Å². The van der Waals surface area contributed by atoms with E-state index in [0.717, 1.165) is 18.5 Å². The molecule has 2 N–H and O–H groups in total. The zero-order valence-corrected chi connectivity index (χ0v) is 11.4. The number of terminal acetylenes is 1. The largest absolute Gasteiger partial charge is 0.346 e. The molecule has 0 amide bonds. The van der Waals surface area contributed by atoms with Crippen molar-refractivity contribution in [3.8, 4) is 12.3 Å². The lowest BCUT2D eigenvalue weighted by molar-refractivity contribution is 0.461. The molecule has 0 saturated carbocycles. The van der Waals surface area contributed by atoms with Gasteiger partial charge in [-0.05, 0) is 49.3 Å². The molecule has 0 radical (unpaired) electrons. The molecule has 2 nitrogen and oxygen atoms in total. The molecular weight excluding hydrogens is 247 g/mol. The minimum absolute atomic E-state index is 0.278. The molecule has 4 heteroatoms. The van der Waals surface area contributed by atoms with Crippen LogP contribution in [0.4, 0.5) is 10.1 Å². The molecule has 0 spiro atoms.